The molecule has 0 rings (SSSR count). The third-order valence-corrected chi connectivity index (χ3v) is 0.957. The van der Waals surface area contributed by atoms with Crippen LogP contribution in [0.4, 0.5) is 0 Å². The molecule has 0 fully saturated rings. The largest absolute Gasteiger partial charge is 0.400 e. The summed E-state index contributed by atoms with van der Waals surface area (Å²) in [5.74, 6) is 0. The summed E-state index contributed by atoms with van der Waals surface area (Å²) in [7, 11) is 1.00. The molecule has 2 nitrogen and oxygen atoms in total. The Hall–Kier alpha value is -0.0800. The molecule has 0 aliphatic rings. The third-order valence-electron chi connectivity index (χ3n) is 0.957. The van der Waals surface area contributed by atoms with E-state index in [-0.39, 0.29) is 6.61 Å². The highest BCUT2D eigenvalue weighted by Gasteiger charge is 1.75. The molecular weight excluding hydrogens is 140 g/mol. The number of aliphatic hydroxyl groups excluding tert-OH is 2. The fourth-order valence-electron chi connectivity index (χ4n) is 0.500. The minimum Gasteiger partial charge on any atom is -0.400 e. The summed E-state index contributed by atoms with van der Waals surface area (Å²) in [6.45, 7) is 6.39. The normalized spacial score (nSPS) is 7.09. The van der Waals surface area contributed by atoms with Crippen molar-refractivity contribution in [2.45, 2.75) is 46.5 Å². The zero-order valence-electron chi connectivity index (χ0n) is 8.43. The minimum atomic E-state index is 0.250. The van der Waals surface area contributed by atoms with Gasteiger partial charge < -0.3 is 10.2 Å². The number of hydrogen-bond donors (Lipinski definition) is 2. The molecule has 0 aromatic rings. The van der Waals surface area contributed by atoms with E-state index in [0.29, 0.717) is 0 Å². The summed E-state index contributed by atoms with van der Waals surface area (Å²) in [5, 5.41) is 14.6. The molecule has 2 heteroatoms. The molecular formula is C9H24O2. The number of unbranched alkanes of at least 4 members (excludes halogenated alkanes) is 3. The SMILES string of the molecule is CCCCCC.CCO.CO. The first-order valence-electron chi connectivity index (χ1n) is 4.38. The number of aliphatic hydroxyl groups is 2. The van der Waals surface area contributed by atoms with Crippen LogP contribution in [0, 0.1) is 0 Å². The van der Waals surface area contributed by atoms with E-state index >= 15 is 0 Å². The molecule has 0 unspecified atom stereocenters. The van der Waals surface area contributed by atoms with Gasteiger partial charge in [-0.1, -0.05) is 39.5 Å². The maximum absolute atomic E-state index is 7.57. The second-order valence-electron chi connectivity index (χ2n) is 2.02. The number of rotatable bonds is 3. The summed E-state index contributed by atoms with van der Waals surface area (Å²) < 4.78 is 0. The molecule has 0 heterocycles. The van der Waals surface area contributed by atoms with Gasteiger partial charge in [0.1, 0.15) is 0 Å². The molecule has 0 saturated heterocycles. The van der Waals surface area contributed by atoms with Crippen LogP contribution in [0.3, 0.4) is 0 Å². The van der Waals surface area contributed by atoms with Crippen LogP contribution in [0.2, 0.25) is 0 Å². The standard InChI is InChI=1S/C6H14.C2H6O.CH4O/c1-3-5-6-4-2;1-2-3;1-2/h3-6H2,1-2H3;3H,2H2,1H3;2H,1H3. The Balaban J connectivity index is -0.000000109. The lowest BCUT2D eigenvalue weighted by Crippen LogP contribution is -1.66. The lowest BCUT2D eigenvalue weighted by molar-refractivity contribution is 0.318. The van der Waals surface area contributed by atoms with E-state index in [1.807, 2.05) is 0 Å². The summed E-state index contributed by atoms with van der Waals surface area (Å²) in [6, 6.07) is 0. The molecule has 0 spiro atoms. The van der Waals surface area contributed by atoms with E-state index < -0.39 is 0 Å². The highest BCUT2D eigenvalue weighted by molar-refractivity contribution is 4.31. The van der Waals surface area contributed by atoms with Crippen molar-refractivity contribution in [2.75, 3.05) is 13.7 Å². The Morgan fingerprint density at radius 1 is 0.818 bits per heavy atom. The van der Waals surface area contributed by atoms with Crippen LogP contribution >= 0.6 is 0 Å². The van der Waals surface area contributed by atoms with E-state index in [4.69, 9.17) is 10.2 Å². The Bertz CT molecular complexity index is 26.7. The van der Waals surface area contributed by atoms with Gasteiger partial charge in [0, 0.05) is 13.7 Å². The molecule has 72 valence electrons. The van der Waals surface area contributed by atoms with E-state index in [2.05, 4.69) is 13.8 Å². The molecule has 0 radical (unpaired) electrons. The van der Waals surface area contributed by atoms with Gasteiger partial charge in [-0.25, -0.2) is 0 Å². The van der Waals surface area contributed by atoms with Crippen molar-refractivity contribution in [3.8, 4) is 0 Å². The first kappa shape index (κ1) is 17.1. The topological polar surface area (TPSA) is 40.5 Å². The van der Waals surface area contributed by atoms with Crippen LogP contribution in [0.15, 0.2) is 0 Å². The Labute approximate surface area is 71.3 Å². The van der Waals surface area contributed by atoms with Crippen molar-refractivity contribution in [2.24, 2.45) is 0 Å². The van der Waals surface area contributed by atoms with Gasteiger partial charge in [0.25, 0.3) is 0 Å². The van der Waals surface area contributed by atoms with Crippen LogP contribution in [-0.4, -0.2) is 23.9 Å². The van der Waals surface area contributed by atoms with Crippen molar-refractivity contribution in [3.63, 3.8) is 0 Å². The van der Waals surface area contributed by atoms with Gasteiger partial charge in [0.2, 0.25) is 0 Å². The lowest BCUT2D eigenvalue weighted by atomic mass is 10.2. The molecule has 0 atom stereocenters. The monoisotopic (exact) mass is 164 g/mol. The van der Waals surface area contributed by atoms with Crippen molar-refractivity contribution in [3.05, 3.63) is 0 Å². The molecule has 2 N–H and O–H groups in total. The molecule has 0 bridgehead atoms. The second kappa shape index (κ2) is 32.6. The lowest BCUT2D eigenvalue weighted by Gasteiger charge is -1.86. The van der Waals surface area contributed by atoms with Gasteiger partial charge in [-0.3, -0.25) is 0 Å². The summed E-state index contributed by atoms with van der Waals surface area (Å²) in [6.07, 6.45) is 5.54. The van der Waals surface area contributed by atoms with Crippen LogP contribution in [-0.2, 0) is 0 Å². The summed E-state index contributed by atoms with van der Waals surface area (Å²) in [4.78, 5) is 0. The van der Waals surface area contributed by atoms with Gasteiger partial charge in [-0.15, -0.1) is 0 Å². The average Bonchev–Trinajstić information content (AvgIpc) is 2.06. The van der Waals surface area contributed by atoms with Crippen LogP contribution in [0.25, 0.3) is 0 Å². The van der Waals surface area contributed by atoms with Crippen LogP contribution in [0.1, 0.15) is 46.5 Å². The Kier molecular flexibility index (Phi) is 50.8. The minimum absolute atomic E-state index is 0.250. The van der Waals surface area contributed by atoms with E-state index in [1.54, 1.807) is 6.92 Å². The molecule has 0 saturated carbocycles. The van der Waals surface area contributed by atoms with Crippen molar-refractivity contribution < 1.29 is 10.2 Å². The Morgan fingerprint density at radius 3 is 1.09 bits per heavy atom. The quantitative estimate of drug-likeness (QED) is 0.628. The maximum atomic E-state index is 7.57. The van der Waals surface area contributed by atoms with Gasteiger partial charge in [-0.2, -0.15) is 0 Å². The predicted molar refractivity (Wildman–Crippen MR) is 50.7 cm³/mol. The summed E-state index contributed by atoms with van der Waals surface area (Å²) >= 11 is 0. The van der Waals surface area contributed by atoms with Crippen molar-refractivity contribution >= 4 is 0 Å². The predicted octanol–water partition coefficient (Wildman–Crippen LogP) is 2.19. The fraction of sp³-hybridized carbons (Fsp3) is 1.00. The third kappa shape index (κ3) is 73.0. The fourth-order valence-corrected chi connectivity index (χ4v) is 0.500. The van der Waals surface area contributed by atoms with E-state index in [0.717, 1.165) is 7.11 Å². The highest BCUT2D eigenvalue weighted by Crippen LogP contribution is 1.95. The molecule has 0 amide bonds. The van der Waals surface area contributed by atoms with Crippen LogP contribution in [0.5, 0.6) is 0 Å². The van der Waals surface area contributed by atoms with Gasteiger partial charge in [0.15, 0.2) is 0 Å². The first-order chi connectivity index (χ1) is 5.33. The molecule has 11 heavy (non-hydrogen) atoms. The van der Waals surface area contributed by atoms with Gasteiger partial charge in [-0.05, 0) is 6.92 Å². The smallest absolute Gasteiger partial charge is 0.0402 e. The Morgan fingerprint density at radius 2 is 1.00 bits per heavy atom. The second-order valence-corrected chi connectivity index (χ2v) is 2.02. The number of hydrogen-bond acceptors (Lipinski definition) is 2. The van der Waals surface area contributed by atoms with E-state index in [1.165, 1.54) is 25.7 Å². The highest BCUT2D eigenvalue weighted by atomic mass is 16.2. The van der Waals surface area contributed by atoms with E-state index in [9.17, 15) is 0 Å². The molecule has 0 aliphatic heterocycles. The maximum Gasteiger partial charge on any atom is 0.0402 e. The molecule has 0 aromatic carbocycles. The zero-order chi connectivity index (χ0) is 9.54. The average molecular weight is 164 g/mol. The molecule has 0 aliphatic carbocycles. The summed E-state index contributed by atoms with van der Waals surface area (Å²) in [5.41, 5.74) is 0. The van der Waals surface area contributed by atoms with Crippen molar-refractivity contribution in [1.29, 1.82) is 0 Å². The van der Waals surface area contributed by atoms with Gasteiger partial charge >= 0.3 is 0 Å². The van der Waals surface area contributed by atoms with Crippen molar-refractivity contribution in [1.82, 2.24) is 0 Å². The van der Waals surface area contributed by atoms with Gasteiger partial charge in [0.05, 0.1) is 0 Å². The first-order valence-corrected chi connectivity index (χ1v) is 4.38. The molecule has 0 aromatic heterocycles. The van der Waals surface area contributed by atoms with Crippen LogP contribution < -0.4 is 0 Å². The zero-order valence-corrected chi connectivity index (χ0v) is 8.43.